The first-order valence-electron chi connectivity index (χ1n) is 5.32. The molecule has 1 fully saturated rings. The lowest BCUT2D eigenvalue weighted by Gasteiger charge is -2.43. The molecule has 0 aromatic carbocycles. The molecule has 0 bridgehead atoms. The third-order valence-electron chi connectivity index (χ3n) is 2.96. The number of alkyl halides is 1. The van der Waals surface area contributed by atoms with Crippen molar-refractivity contribution >= 4 is 11.7 Å². The molecule has 1 heterocycles. The molecule has 94 valence electrons. The molecule has 0 spiro atoms. The molecule has 6 nitrogen and oxygen atoms in total. The van der Waals surface area contributed by atoms with E-state index in [4.69, 9.17) is 5.73 Å². The fourth-order valence-electron chi connectivity index (χ4n) is 1.93. The summed E-state index contributed by atoms with van der Waals surface area (Å²) < 4.78 is 14.2. The van der Waals surface area contributed by atoms with Gasteiger partial charge in [-0.25, -0.2) is 4.39 Å². The Morgan fingerprint density at radius 2 is 2.47 bits per heavy atom. The number of hydrogen-bond acceptors (Lipinski definition) is 4. The van der Waals surface area contributed by atoms with E-state index < -0.39 is 23.7 Å². The zero-order valence-electron chi connectivity index (χ0n) is 9.43. The minimum absolute atomic E-state index is 0.00377. The van der Waals surface area contributed by atoms with Crippen molar-refractivity contribution in [1.82, 2.24) is 9.78 Å². The first kappa shape index (κ1) is 12.0. The predicted octanol–water partition coefficient (Wildman–Crippen LogP) is -0.451. The first-order chi connectivity index (χ1) is 7.90. The van der Waals surface area contributed by atoms with Crippen LogP contribution in [0.25, 0.3) is 0 Å². The highest BCUT2D eigenvalue weighted by molar-refractivity contribution is 5.94. The summed E-state index contributed by atoms with van der Waals surface area (Å²) in [4.78, 5) is 11.7. The van der Waals surface area contributed by atoms with Gasteiger partial charge < -0.3 is 16.2 Å². The van der Waals surface area contributed by atoms with E-state index in [0.717, 1.165) is 0 Å². The van der Waals surface area contributed by atoms with Gasteiger partial charge in [-0.05, 0) is 12.8 Å². The molecule has 1 unspecified atom stereocenters. The Morgan fingerprint density at radius 3 is 2.94 bits per heavy atom. The quantitative estimate of drug-likeness (QED) is 0.669. The van der Waals surface area contributed by atoms with Gasteiger partial charge in [-0.2, -0.15) is 5.10 Å². The van der Waals surface area contributed by atoms with Crippen molar-refractivity contribution in [3.05, 3.63) is 12.3 Å². The topological polar surface area (TPSA) is 93.2 Å². The number of nitrogens with two attached hydrogens (primary N) is 1. The molecule has 7 heteroatoms. The number of carbonyl (C=O) groups excluding carboxylic acids is 1. The minimum atomic E-state index is -1.42. The van der Waals surface area contributed by atoms with Crippen LogP contribution in [0.1, 0.15) is 12.8 Å². The maximum absolute atomic E-state index is 12.7. The number of nitrogens with one attached hydrogen (secondary N) is 1. The Morgan fingerprint density at radius 1 is 1.82 bits per heavy atom. The smallest absolute Gasteiger partial charge is 0.256 e. The van der Waals surface area contributed by atoms with E-state index in [-0.39, 0.29) is 12.8 Å². The molecule has 0 saturated heterocycles. The number of aliphatic hydroxyl groups is 1. The summed E-state index contributed by atoms with van der Waals surface area (Å²) in [6.45, 7) is 0. The minimum Gasteiger partial charge on any atom is -0.381 e. The standard InChI is InChI=1S/C10H15FN4O2/c1-15-3-2-7(14-15)13-9(17)8(16)10(12)4-6(11)5-10/h2-3,6,8,16H,4-5,12H2,1H3,(H,13,14,17). The van der Waals surface area contributed by atoms with Crippen molar-refractivity contribution in [3.63, 3.8) is 0 Å². The molecule has 1 aliphatic carbocycles. The molecule has 1 aromatic rings. The Kier molecular flexibility index (Phi) is 2.88. The van der Waals surface area contributed by atoms with E-state index in [2.05, 4.69) is 10.4 Å². The molecule has 2 rings (SSSR count). The Balaban J connectivity index is 1.96. The predicted molar refractivity (Wildman–Crippen MR) is 58.9 cm³/mol. The summed E-state index contributed by atoms with van der Waals surface area (Å²) in [6.07, 6.45) is -0.789. The number of amides is 1. The van der Waals surface area contributed by atoms with E-state index in [1.165, 1.54) is 4.68 Å². The van der Waals surface area contributed by atoms with Crippen LogP contribution in [-0.2, 0) is 11.8 Å². The second-order valence-corrected chi connectivity index (χ2v) is 4.51. The van der Waals surface area contributed by atoms with Gasteiger partial charge in [0.15, 0.2) is 11.9 Å². The fraction of sp³-hybridized carbons (Fsp3) is 0.600. The molecular formula is C10H15FN4O2. The number of anilines is 1. The van der Waals surface area contributed by atoms with Gasteiger partial charge in [-0.3, -0.25) is 9.48 Å². The fourth-order valence-corrected chi connectivity index (χ4v) is 1.93. The van der Waals surface area contributed by atoms with Crippen LogP contribution in [0.3, 0.4) is 0 Å². The van der Waals surface area contributed by atoms with Crippen molar-refractivity contribution in [3.8, 4) is 0 Å². The molecule has 1 saturated carbocycles. The van der Waals surface area contributed by atoms with Gasteiger partial charge in [-0.1, -0.05) is 0 Å². The summed E-state index contributed by atoms with van der Waals surface area (Å²) in [5.41, 5.74) is 4.57. The van der Waals surface area contributed by atoms with Crippen LogP contribution in [0, 0.1) is 0 Å². The number of rotatable bonds is 3. The van der Waals surface area contributed by atoms with E-state index in [1.54, 1.807) is 19.3 Å². The van der Waals surface area contributed by atoms with Gasteiger partial charge in [0.05, 0.1) is 5.54 Å². The molecule has 1 amide bonds. The normalized spacial score (nSPS) is 29.5. The second-order valence-electron chi connectivity index (χ2n) is 4.51. The van der Waals surface area contributed by atoms with Gasteiger partial charge in [0.25, 0.3) is 5.91 Å². The zero-order valence-corrected chi connectivity index (χ0v) is 9.43. The van der Waals surface area contributed by atoms with Crippen molar-refractivity contribution in [2.45, 2.75) is 30.7 Å². The van der Waals surface area contributed by atoms with Crippen LogP contribution in [0.15, 0.2) is 12.3 Å². The number of carbonyl (C=O) groups is 1. The van der Waals surface area contributed by atoms with Gasteiger partial charge >= 0.3 is 0 Å². The summed E-state index contributed by atoms with van der Waals surface area (Å²) in [5, 5.41) is 16.1. The average molecular weight is 242 g/mol. The number of nitrogens with zero attached hydrogens (tertiary/aromatic N) is 2. The highest BCUT2D eigenvalue weighted by Gasteiger charge is 2.49. The lowest BCUT2D eigenvalue weighted by Crippen LogP contribution is -2.64. The van der Waals surface area contributed by atoms with E-state index >= 15 is 0 Å². The van der Waals surface area contributed by atoms with Gasteiger partial charge in [-0.15, -0.1) is 0 Å². The number of aryl methyl sites for hydroxylation is 1. The van der Waals surface area contributed by atoms with Crippen LogP contribution in [0.4, 0.5) is 10.2 Å². The maximum Gasteiger partial charge on any atom is 0.256 e. The third-order valence-corrected chi connectivity index (χ3v) is 2.96. The zero-order chi connectivity index (χ0) is 12.6. The van der Waals surface area contributed by atoms with Gasteiger partial charge in [0, 0.05) is 19.3 Å². The van der Waals surface area contributed by atoms with Crippen LogP contribution in [0.5, 0.6) is 0 Å². The van der Waals surface area contributed by atoms with Crippen LogP contribution in [0.2, 0.25) is 0 Å². The Bertz CT molecular complexity index is 428. The lowest BCUT2D eigenvalue weighted by atomic mass is 9.72. The van der Waals surface area contributed by atoms with Crippen LogP contribution in [-0.4, -0.2) is 38.6 Å². The summed E-state index contributed by atoms with van der Waals surface area (Å²) in [5.74, 6) is -0.325. The Hall–Kier alpha value is -1.47. The summed E-state index contributed by atoms with van der Waals surface area (Å²) >= 11 is 0. The number of halogens is 1. The van der Waals surface area contributed by atoms with Crippen molar-refractivity contribution in [1.29, 1.82) is 0 Å². The first-order valence-corrected chi connectivity index (χ1v) is 5.32. The van der Waals surface area contributed by atoms with Crippen molar-refractivity contribution in [2.75, 3.05) is 5.32 Å². The SMILES string of the molecule is Cn1ccc(NC(=O)C(O)C2(N)CC(F)C2)n1. The van der Waals surface area contributed by atoms with Gasteiger partial charge in [0.2, 0.25) is 0 Å². The molecule has 1 atom stereocenters. The number of aliphatic hydroxyl groups excluding tert-OH is 1. The van der Waals surface area contributed by atoms with Crippen molar-refractivity contribution < 1.29 is 14.3 Å². The second kappa shape index (κ2) is 4.08. The molecule has 1 aliphatic rings. The van der Waals surface area contributed by atoms with E-state index in [0.29, 0.717) is 5.82 Å². The largest absolute Gasteiger partial charge is 0.381 e. The lowest BCUT2D eigenvalue weighted by molar-refractivity contribution is -0.131. The van der Waals surface area contributed by atoms with E-state index in [1.807, 2.05) is 0 Å². The third kappa shape index (κ3) is 2.29. The summed E-state index contributed by atoms with van der Waals surface area (Å²) in [7, 11) is 1.70. The average Bonchev–Trinajstić information content (AvgIpc) is 2.60. The van der Waals surface area contributed by atoms with Crippen molar-refractivity contribution in [2.24, 2.45) is 12.8 Å². The molecule has 4 N–H and O–H groups in total. The highest BCUT2D eigenvalue weighted by Crippen LogP contribution is 2.35. The highest BCUT2D eigenvalue weighted by atomic mass is 19.1. The molecular weight excluding hydrogens is 227 g/mol. The van der Waals surface area contributed by atoms with Gasteiger partial charge in [0.1, 0.15) is 6.17 Å². The molecule has 17 heavy (non-hydrogen) atoms. The molecule has 0 aliphatic heterocycles. The monoisotopic (exact) mass is 242 g/mol. The number of hydrogen-bond donors (Lipinski definition) is 3. The van der Waals surface area contributed by atoms with Crippen LogP contribution >= 0.6 is 0 Å². The molecule has 0 radical (unpaired) electrons. The summed E-state index contributed by atoms with van der Waals surface area (Å²) in [6, 6.07) is 1.59. The Labute approximate surface area is 97.6 Å². The van der Waals surface area contributed by atoms with E-state index in [9.17, 15) is 14.3 Å². The number of aromatic nitrogens is 2. The van der Waals surface area contributed by atoms with Crippen LogP contribution < -0.4 is 11.1 Å². The molecule has 1 aromatic heterocycles. The maximum atomic E-state index is 12.7.